The van der Waals surface area contributed by atoms with Crippen molar-refractivity contribution in [3.63, 3.8) is 0 Å². The number of carbonyl (C=O) groups excluding carboxylic acids is 2. The largest absolute Gasteiger partial charge is 0.493 e. The van der Waals surface area contributed by atoms with E-state index >= 15 is 0 Å². The van der Waals surface area contributed by atoms with Gasteiger partial charge in [-0.2, -0.15) is 0 Å². The first kappa shape index (κ1) is 23.0. The quantitative estimate of drug-likeness (QED) is 0.613. The van der Waals surface area contributed by atoms with Crippen LogP contribution >= 0.6 is 0 Å². The van der Waals surface area contributed by atoms with E-state index in [1.165, 1.54) is 0 Å². The van der Waals surface area contributed by atoms with E-state index in [2.05, 4.69) is 5.32 Å². The zero-order valence-electron chi connectivity index (χ0n) is 19.6. The zero-order chi connectivity index (χ0) is 23.4. The van der Waals surface area contributed by atoms with Crippen LogP contribution in [0.25, 0.3) is 0 Å². The number of rotatable bonds is 8. The molecule has 1 heterocycles. The number of ether oxygens (including phenoxy) is 3. The predicted octanol–water partition coefficient (Wildman–Crippen LogP) is 4.01. The number of methoxy groups -OCH3 is 3. The molecule has 7 heteroatoms. The van der Waals surface area contributed by atoms with Crippen LogP contribution in [-0.2, 0) is 16.1 Å². The molecule has 2 fully saturated rings. The van der Waals surface area contributed by atoms with Crippen molar-refractivity contribution in [2.24, 2.45) is 0 Å². The van der Waals surface area contributed by atoms with E-state index in [9.17, 15) is 9.59 Å². The van der Waals surface area contributed by atoms with Crippen LogP contribution in [0.5, 0.6) is 17.2 Å². The van der Waals surface area contributed by atoms with Crippen LogP contribution in [-0.4, -0.2) is 43.6 Å². The summed E-state index contributed by atoms with van der Waals surface area (Å²) >= 11 is 0. The topological polar surface area (TPSA) is 77.1 Å². The Hall–Kier alpha value is -3.22. The second-order valence-electron chi connectivity index (χ2n) is 8.70. The summed E-state index contributed by atoms with van der Waals surface area (Å²) in [5.41, 5.74) is 1.10. The number of hydrogen-bond donors (Lipinski definition) is 1. The van der Waals surface area contributed by atoms with Crippen molar-refractivity contribution in [2.45, 2.75) is 56.7 Å². The summed E-state index contributed by atoms with van der Waals surface area (Å²) in [6, 6.07) is 13.6. The average Bonchev–Trinajstić information content (AvgIpc) is 2.85. The molecule has 4 rings (SSSR count). The first-order chi connectivity index (χ1) is 16.0. The second kappa shape index (κ2) is 9.73. The molecule has 176 valence electrons. The minimum absolute atomic E-state index is 0.0497. The first-order valence-electron chi connectivity index (χ1n) is 11.5. The summed E-state index contributed by atoms with van der Waals surface area (Å²) in [5, 5.41) is 3.11. The zero-order valence-corrected chi connectivity index (χ0v) is 19.6. The molecular formula is C26H32N2O5. The van der Waals surface area contributed by atoms with E-state index in [4.69, 9.17) is 14.2 Å². The molecule has 0 spiro atoms. The first-order valence-corrected chi connectivity index (χ1v) is 11.5. The van der Waals surface area contributed by atoms with Crippen molar-refractivity contribution in [1.29, 1.82) is 0 Å². The number of β-lactam (4-membered cyclic amide) rings is 1. The number of carbonyl (C=O) groups is 2. The Morgan fingerprint density at radius 3 is 2.18 bits per heavy atom. The molecule has 2 aliphatic rings. The maximum atomic E-state index is 13.7. The molecule has 2 aromatic carbocycles. The maximum Gasteiger partial charge on any atom is 0.246 e. The van der Waals surface area contributed by atoms with Gasteiger partial charge in [0.15, 0.2) is 11.5 Å². The summed E-state index contributed by atoms with van der Waals surface area (Å²) in [5.74, 6) is 1.54. The fourth-order valence-corrected chi connectivity index (χ4v) is 5.19. The second-order valence-corrected chi connectivity index (χ2v) is 8.70. The van der Waals surface area contributed by atoms with Crippen LogP contribution < -0.4 is 19.5 Å². The summed E-state index contributed by atoms with van der Waals surface area (Å²) in [4.78, 5) is 28.4. The molecule has 1 saturated heterocycles. The van der Waals surface area contributed by atoms with Crippen molar-refractivity contribution in [1.82, 2.24) is 10.2 Å². The number of benzene rings is 2. The van der Waals surface area contributed by atoms with Crippen molar-refractivity contribution < 1.29 is 23.8 Å². The molecule has 0 bridgehead atoms. The number of nitrogens with zero attached hydrogens (tertiary/aromatic N) is 1. The lowest BCUT2D eigenvalue weighted by atomic mass is 9.75. The number of nitrogens with one attached hydrogen (secondary N) is 1. The van der Waals surface area contributed by atoms with Gasteiger partial charge in [-0.25, -0.2) is 0 Å². The highest BCUT2D eigenvalue weighted by Gasteiger charge is 2.54. The Balaban J connectivity index is 1.57. The van der Waals surface area contributed by atoms with Crippen LogP contribution in [0.15, 0.2) is 42.5 Å². The molecule has 7 nitrogen and oxygen atoms in total. The highest BCUT2D eigenvalue weighted by atomic mass is 16.5. The van der Waals surface area contributed by atoms with Gasteiger partial charge in [-0.3, -0.25) is 9.59 Å². The van der Waals surface area contributed by atoms with E-state index in [0.717, 1.165) is 30.4 Å². The smallest absolute Gasteiger partial charge is 0.246 e. The molecule has 1 N–H and O–H groups in total. The molecule has 1 unspecified atom stereocenters. The fraction of sp³-hybridized carbons (Fsp3) is 0.462. The highest BCUT2D eigenvalue weighted by molar-refractivity contribution is 5.95. The molecule has 0 aromatic heterocycles. The molecule has 1 saturated carbocycles. The predicted molar refractivity (Wildman–Crippen MR) is 124 cm³/mol. The Morgan fingerprint density at radius 2 is 1.64 bits per heavy atom. The lowest BCUT2D eigenvalue weighted by molar-refractivity contribution is -0.168. The summed E-state index contributed by atoms with van der Waals surface area (Å²) < 4.78 is 16.3. The van der Waals surface area contributed by atoms with Gasteiger partial charge in [0.1, 0.15) is 5.54 Å². The van der Waals surface area contributed by atoms with E-state index in [1.54, 1.807) is 21.3 Å². The summed E-state index contributed by atoms with van der Waals surface area (Å²) in [7, 11) is 4.69. The number of hydrogen-bond acceptors (Lipinski definition) is 5. The molecule has 1 aliphatic carbocycles. The Kier molecular flexibility index (Phi) is 6.77. The lowest BCUT2D eigenvalue weighted by Crippen LogP contribution is -2.66. The van der Waals surface area contributed by atoms with Gasteiger partial charge < -0.3 is 24.4 Å². The molecule has 1 aliphatic heterocycles. The van der Waals surface area contributed by atoms with Crippen LogP contribution in [0.2, 0.25) is 0 Å². The number of likely N-dealkylation sites (tertiary alicyclic amines) is 1. The standard InChI is InChI=1S/C26H32N2O5/c1-31-21-14-18(15-22(32-2)24(21)33-3)17-27-25(30)26(12-8-5-9-13-26)28-20(16-23(28)29)19-10-6-4-7-11-19/h4,6-7,10-11,14-15,20H,5,8-9,12-13,16-17H2,1-3H3,(H,27,30). The third-order valence-electron chi connectivity index (χ3n) is 6.87. The Bertz CT molecular complexity index is 976. The van der Waals surface area contributed by atoms with Gasteiger partial charge in [0.25, 0.3) is 0 Å². The van der Waals surface area contributed by atoms with E-state index in [1.807, 2.05) is 47.4 Å². The third kappa shape index (κ3) is 4.24. The average molecular weight is 453 g/mol. The summed E-state index contributed by atoms with van der Waals surface area (Å²) in [6.45, 7) is 0.301. The van der Waals surface area contributed by atoms with Crippen LogP contribution in [0, 0.1) is 0 Å². The van der Waals surface area contributed by atoms with Crippen molar-refractivity contribution >= 4 is 11.8 Å². The third-order valence-corrected chi connectivity index (χ3v) is 6.87. The van der Waals surface area contributed by atoms with Crippen molar-refractivity contribution in [3.05, 3.63) is 53.6 Å². The van der Waals surface area contributed by atoms with Crippen molar-refractivity contribution in [2.75, 3.05) is 21.3 Å². The van der Waals surface area contributed by atoms with Crippen molar-refractivity contribution in [3.8, 4) is 17.2 Å². The van der Waals surface area contributed by atoms with Gasteiger partial charge in [0.05, 0.1) is 33.8 Å². The maximum absolute atomic E-state index is 13.7. The van der Waals surface area contributed by atoms with Gasteiger partial charge in [0, 0.05) is 6.54 Å². The van der Waals surface area contributed by atoms with Gasteiger partial charge in [-0.15, -0.1) is 0 Å². The molecule has 0 radical (unpaired) electrons. The SMILES string of the molecule is COc1cc(CNC(=O)C2(N3C(=O)CC3c3ccccc3)CCCCC2)cc(OC)c1OC. The molecular weight excluding hydrogens is 420 g/mol. The van der Waals surface area contributed by atoms with Gasteiger partial charge in [-0.1, -0.05) is 49.6 Å². The minimum atomic E-state index is -0.811. The van der Waals surface area contributed by atoms with E-state index < -0.39 is 5.54 Å². The normalized spacial score (nSPS) is 19.4. The van der Waals surface area contributed by atoms with Gasteiger partial charge in [0.2, 0.25) is 17.6 Å². The molecule has 1 atom stereocenters. The van der Waals surface area contributed by atoms with Crippen LogP contribution in [0.3, 0.4) is 0 Å². The Morgan fingerprint density at radius 1 is 1.00 bits per heavy atom. The lowest BCUT2D eigenvalue weighted by Gasteiger charge is -2.54. The number of amides is 2. The van der Waals surface area contributed by atoms with E-state index in [-0.39, 0.29) is 17.9 Å². The van der Waals surface area contributed by atoms with Crippen LogP contribution in [0.4, 0.5) is 0 Å². The highest BCUT2D eigenvalue weighted by Crippen LogP contribution is 2.46. The summed E-state index contributed by atoms with van der Waals surface area (Å²) in [6.07, 6.45) is 4.77. The fourth-order valence-electron chi connectivity index (χ4n) is 5.19. The monoisotopic (exact) mass is 452 g/mol. The molecule has 33 heavy (non-hydrogen) atoms. The minimum Gasteiger partial charge on any atom is -0.493 e. The van der Waals surface area contributed by atoms with Crippen LogP contribution in [0.1, 0.15) is 55.7 Å². The van der Waals surface area contributed by atoms with E-state index in [0.29, 0.717) is 43.1 Å². The van der Waals surface area contributed by atoms with Gasteiger partial charge >= 0.3 is 0 Å². The Labute approximate surface area is 195 Å². The molecule has 2 amide bonds. The molecule has 2 aromatic rings. The van der Waals surface area contributed by atoms with Gasteiger partial charge in [-0.05, 0) is 36.1 Å².